The number of nitrogens with zero attached hydrogens (tertiary/aromatic N) is 1. The van der Waals surface area contributed by atoms with Gasteiger partial charge in [0.2, 0.25) is 0 Å². The van der Waals surface area contributed by atoms with Gasteiger partial charge in [-0.25, -0.2) is 0 Å². The number of amides is 1. The molecule has 2 heterocycles. The van der Waals surface area contributed by atoms with Crippen molar-refractivity contribution in [3.05, 3.63) is 23.5 Å². The number of aromatic nitrogens is 1. The summed E-state index contributed by atoms with van der Waals surface area (Å²) >= 11 is 0. The van der Waals surface area contributed by atoms with Crippen LogP contribution in [-0.4, -0.2) is 30.6 Å². The first-order valence-electron chi connectivity index (χ1n) is 6.25. The summed E-state index contributed by atoms with van der Waals surface area (Å²) in [5.41, 5.74) is 7.53. The molecule has 2 rings (SSSR count). The lowest BCUT2D eigenvalue weighted by atomic mass is 10.0. The summed E-state index contributed by atoms with van der Waals surface area (Å²) in [7, 11) is 0. The minimum atomic E-state index is -0.162. The van der Waals surface area contributed by atoms with E-state index < -0.39 is 0 Å². The second-order valence-corrected chi connectivity index (χ2v) is 4.71. The fraction of sp³-hybridized carbons (Fsp3) is 0.538. The molecule has 0 saturated carbocycles. The molecule has 0 spiro atoms. The summed E-state index contributed by atoms with van der Waals surface area (Å²) in [6.07, 6.45) is 3.69. The molecule has 1 saturated heterocycles. The number of ether oxygens (including phenoxy) is 1. The topological polar surface area (TPSA) is 77.2 Å². The van der Waals surface area contributed by atoms with Crippen molar-refractivity contribution in [2.24, 2.45) is 5.92 Å². The molecule has 98 valence electrons. The Morgan fingerprint density at radius 1 is 1.67 bits per heavy atom. The lowest BCUT2D eigenvalue weighted by Gasteiger charge is -2.22. The van der Waals surface area contributed by atoms with E-state index in [0.717, 1.165) is 31.7 Å². The van der Waals surface area contributed by atoms with E-state index in [1.807, 2.05) is 6.92 Å². The molecule has 1 aliphatic heterocycles. The van der Waals surface area contributed by atoms with E-state index in [1.54, 1.807) is 6.07 Å². The van der Waals surface area contributed by atoms with Gasteiger partial charge in [-0.15, -0.1) is 0 Å². The molecule has 1 fully saturated rings. The van der Waals surface area contributed by atoms with E-state index in [9.17, 15) is 4.79 Å². The zero-order valence-corrected chi connectivity index (χ0v) is 10.6. The van der Waals surface area contributed by atoms with Gasteiger partial charge >= 0.3 is 0 Å². The maximum absolute atomic E-state index is 11.9. The van der Waals surface area contributed by atoms with Crippen molar-refractivity contribution in [2.75, 3.05) is 25.5 Å². The third-order valence-corrected chi connectivity index (χ3v) is 3.12. The number of nitrogens with two attached hydrogens (primary N) is 1. The lowest BCUT2D eigenvalue weighted by molar-refractivity contribution is 0.0536. The van der Waals surface area contributed by atoms with E-state index in [-0.39, 0.29) is 5.91 Å². The van der Waals surface area contributed by atoms with Crippen molar-refractivity contribution in [1.29, 1.82) is 0 Å². The van der Waals surface area contributed by atoms with E-state index in [1.165, 1.54) is 6.20 Å². The molecule has 18 heavy (non-hydrogen) atoms. The maximum Gasteiger partial charge on any atom is 0.254 e. The molecule has 1 aromatic heterocycles. The second-order valence-electron chi connectivity index (χ2n) is 4.71. The largest absolute Gasteiger partial charge is 0.398 e. The van der Waals surface area contributed by atoms with Crippen molar-refractivity contribution in [3.63, 3.8) is 0 Å². The number of hydrogen-bond acceptors (Lipinski definition) is 4. The zero-order chi connectivity index (χ0) is 13.0. The Labute approximate surface area is 107 Å². The summed E-state index contributed by atoms with van der Waals surface area (Å²) < 4.78 is 5.37. The van der Waals surface area contributed by atoms with Crippen molar-refractivity contribution >= 4 is 11.6 Å². The molecule has 0 radical (unpaired) electrons. The first kappa shape index (κ1) is 12.8. The number of nitrogens with one attached hydrogen (secondary N) is 1. The molecule has 0 bridgehead atoms. The van der Waals surface area contributed by atoms with E-state index in [0.29, 0.717) is 23.7 Å². The number of anilines is 1. The van der Waals surface area contributed by atoms with E-state index in [4.69, 9.17) is 10.5 Å². The predicted octanol–water partition coefficient (Wildman–Crippen LogP) is 1.13. The van der Waals surface area contributed by atoms with Crippen LogP contribution in [0.25, 0.3) is 0 Å². The molecule has 1 atom stereocenters. The fourth-order valence-electron chi connectivity index (χ4n) is 2.07. The first-order chi connectivity index (χ1) is 8.66. The molecule has 1 unspecified atom stereocenters. The molecule has 3 N–H and O–H groups in total. The molecular formula is C13H19N3O2. The van der Waals surface area contributed by atoms with Crippen molar-refractivity contribution in [3.8, 4) is 0 Å². The van der Waals surface area contributed by atoms with Gasteiger partial charge in [-0.3, -0.25) is 9.78 Å². The summed E-state index contributed by atoms with van der Waals surface area (Å²) in [4.78, 5) is 16.0. The van der Waals surface area contributed by atoms with Crippen LogP contribution in [0.3, 0.4) is 0 Å². The first-order valence-corrected chi connectivity index (χ1v) is 6.25. The number of pyridine rings is 1. The van der Waals surface area contributed by atoms with Gasteiger partial charge in [0.25, 0.3) is 5.91 Å². The molecule has 1 amide bonds. The van der Waals surface area contributed by atoms with Crippen LogP contribution >= 0.6 is 0 Å². The third kappa shape index (κ3) is 3.20. The Morgan fingerprint density at radius 2 is 2.50 bits per heavy atom. The van der Waals surface area contributed by atoms with E-state index >= 15 is 0 Å². The number of nitrogen functional groups attached to an aromatic ring is 1. The molecule has 1 aliphatic rings. The normalized spacial score (nSPS) is 19.5. The molecule has 0 aromatic carbocycles. The monoisotopic (exact) mass is 249 g/mol. The summed E-state index contributed by atoms with van der Waals surface area (Å²) in [5.74, 6) is 0.243. The van der Waals surface area contributed by atoms with Crippen molar-refractivity contribution < 1.29 is 9.53 Å². The van der Waals surface area contributed by atoms with Crippen LogP contribution in [0.5, 0.6) is 0 Å². The van der Waals surface area contributed by atoms with Gasteiger partial charge < -0.3 is 15.8 Å². The van der Waals surface area contributed by atoms with Crippen LogP contribution in [0, 0.1) is 12.8 Å². The Bertz CT molecular complexity index is 428. The van der Waals surface area contributed by atoms with Crippen molar-refractivity contribution in [2.45, 2.75) is 19.8 Å². The van der Waals surface area contributed by atoms with Gasteiger partial charge in [-0.05, 0) is 31.7 Å². The minimum Gasteiger partial charge on any atom is -0.398 e. The lowest BCUT2D eigenvalue weighted by Crippen LogP contribution is -2.33. The Morgan fingerprint density at radius 3 is 3.17 bits per heavy atom. The number of carbonyl (C=O) groups excluding carboxylic acids is 1. The smallest absolute Gasteiger partial charge is 0.254 e. The highest BCUT2D eigenvalue weighted by atomic mass is 16.5. The van der Waals surface area contributed by atoms with Gasteiger partial charge in [0, 0.05) is 30.7 Å². The Kier molecular flexibility index (Phi) is 4.15. The standard InChI is InChI=1S/C13H19N3O2/c1-9-5-12(14)11(7-15-9)13(17)16-6-10-3-2-4-18-8-10/h5,7,10H,2-4,6,8H2,1H3,(H2,14,15)(H,16,17). The average Bonchev–Trinajstić information content (AvgIpc) is 2.37. The second kappa shape index (κ2) is 5.82. The SMILES string of the molecule is Cc1cc(N)c(C(=O)NCC2CCCOC2)cn1. The number of hydrogen-bond donors (Lipinski definition) is 2. The van der Waals surface area contributed by atoms with Crippen LogP contribution in [0.2, 0.25) is 0 Å². The maximum atomic E-state index is 11.9. The molecular weight excluding hydrogens is 230 g/mol. The molecule has 1 aromatic rings. The van der Waals surface area contributed by atoms with Crippen LogP contribution < -0.4 is 11.1 Å². The minimum absolute atomic E-state index is 0.162. The summed E-state index contributed by atoms with van der Waals surface area (Å²) in [6, 6.07) is 1.71. The van der Waals surface area contributed by atoms with Gasteiger partial charge in [0.15, 0.2) is 0 Å². The van der Waals surface area contributed by atoms with Crippen LogP contribution in [0.1, 0.15) is 28.9 Å². The van der Waals surface area contributed by atoms with E-state index in [2.05, 4.69) is 10.3 Å². The number of aryl methyl sites for hydroxylation is 1. The highest BCUT2D eigenvalue weighted by molar-refractivity contribution is 5.98. The van der Waals surface area contributed by atoms with Crippen molar-refractivity contribution in [1.82, 2.24) is 10.3 Å². The highest BCUT2D eigenvalue weighted by Gasteiger charge is 2.16. The summed E-state index contributed by atoms with van der Waals surface area (Å²) in [6.45, 7) is 4.03. The Hall–Kier alpha value is -1.62. The van der Waals surface area contributed by atoms with Gasteiger partial charge in [0.1, 0.15) is 0 Å². The predicted molar refractivity (Wildman–Crippen MR) is 69.3 cm³/mol. The Balaban J connectivity index is 1.90. The third-order valence-electron chi connectivity index (χ3n) is 3.12. The fourth-order valence-corrected chi connectivity index (χ4v) is 2.07. The van der Waals surface area contributed by atoms with Gasteiger partial charge in [-0.1, -0.05) is 0 Å². The highest BCUT2D eigenvalue weighted by Crippen LogP contribution is 2.14. The molecule has 5 nitrogen and oxygen atoms in total. The zero-order valence-electron chi connectivity index (χ0n) is 10.6. The number of carbonyl (C=O) groups is 1. The van der Waals surface area contributed by atoms with Crippen LogP contribution in [-0.2, 0) is 4.74 Å². The molecule has 0 aliphatic carbocycles. The van der Waals surface area contributed by atoms with Gasteiger partial charge in [0.05, 0.1) is 12.2 Å². The van der Waals surface area contributed by atoms with Crippen LogP contribution in [0.15, 0.2) is 12.3 Å². The summed E-state index contributed by atoms with van der Waals surface area (Å²) in [5, 5.41) is 2.89. The molecule has 5 heteroatoms. The van der Waals surface area contributed by atoms with Gasteiger partial charge in [-0.2, -0.15) is 0 Å². The van der Waals surface area contributed by atoms with Crippen LogP contribution in [0.4, 0.5) is 5.69 Å². The number of rotatable bonds is 3. The average molecular weight is 249 g/mol. The quantitative estimate of drug-likeness (QED) is 0.841.